The summed E-state index contributed by atoms with van der Waals surface area (Å²) in [5.41, 5.74) is 0.264. The lowest BCUT2D eigenvalue weighted by Gasteiger charge is -2.06. The van der Waals surface area contributed by atoms with Gasteiger partial charge in [0.25, 0.3) is 10.0 Å². The molecule has 10 heteroatoms. The van der Waals surface area contributed by atoms with Crippen molar-refractivity contribution < 1.29 is 32.6 Å². The van der Waals surface area contributed by atoms with Crippen LogP contribution in [0, 0.1) is 0 Å². The first-order chi connectivity index (χ1) is 9.26. The standard InChI is InChI=1S/C10H10N2O7S/c1-19-10(16)11-6-2-4-7(5-3-6)20(17,18)12-8(13)9(14)15/h2-5H,1H3,(H,11,16)(H,12,13)(H,14,15). The van der Waals surface area contributed by atoms with Gasteiger partial charge in [0, 0.05) is 5.69 Å². The summed E-state index contributed by atoms with van der Waals surface area (Å²) in [5.74, 6) is -3.58. The monoisotopic (exact) mass is 302 g/mol. The van der Waals surface area contributed by atoms with Crippen LogP contribution in [0.2, 0.25) is 0 Å². The zero-order chi connectivity index (χ0) is 15.3. The summed E-state index contributed by atoms with van der Waals surface area (Å²) < 4.78 is 29.0. The van der Waals surface area contributed by atoms with Crippen LogP contribution in [0.25, 0.3) is 0 Å². The number of carbonyl (C=O) groups excluding carboxylic acids is 2. The molecule has 0 radical (unpaired) electrons. The van der Waals surface area contributed by atoms with Crippen LogP contribution in [0.4, 0.5) is 10.5 Å². The molecule has 0 saturated carbocycles. The number of hydrogen-bond acceptors (Lipinski definition) is 6. The van der Waals surface area contributed by atoms with Gasteiger partial charge in [0.2, 0.25) is 0 Å². The number of carbonyl (C=O) groups is 3. The van der Waals surface area contributed by atoms with Crippen LogP contribution in [0.15, 0.2) is 29.2 Å². The van der Waals surface area contributed by atoms with E-state index in [4.69, 9.17) is 5.11 Å². The van der Waals surface area contributed by atoms with Crippen LogP contribution in [0.5, 0.6) is 0 Å². The molecule has 2 amide bonds. The van der Waals surface area contributed by atoms with Gasteiger partial charge < -0.3 is 9.84 Å². The quantitative estimate of drug-likeness (QED) is 0.654. The van der Waals surface area contributed by atoms with Crippen LogP contribution in [0.1, 0.15) is 0 Å². The predicted molar refractivity (Wildman–Crippen MR) is 65.4 cm³/mol. The molecular formula is C10H10N2O7S. The Morgan fingerprint density at radius 2 is 1.70 bits per heavy atom. The van der Waals surface area contributed by atoms with Gasteiger partial charge in [-0.1, -0.05) is 0 Å². The molecule has 0 aliphatic heterocycles. The molecule has 0 bridgehead atoms. The first-order valence-corrected chi connectivity index (χ1v) is 6.49. The lowest BCUT2D eigenvalue weighted by atomic mass is 10.3. The largest absolute Gasteiger partial charge is 0.474 e. The molecule has 0 aliphatic carbocycles. The molecule has 0 aliphatic rings. The summed E-state index contributed by atoms with van der Waals surface area (Å²) in [6.45, 7) is 0. The zero-order valence-corrected chi connectivity index (χ0v) is 10.9. The Labute approximate surface area is 113 Å². The molecule has 20 heavy (non-hydrogen) atoms. The van der Waals surface area contributed by atoms with Crippen LogP contribution >= 0.6 is 0 Å². The van der Waals surface area contributed by atoms with E-state index in [0.717, 1.165) is 19.2 Å². The van der Waals surface area contributed by atoms with E-state index in [2.05, 4.69) is 10.1 Å². The molecule has 0 saturated heterocycles. The van der Waals surface area contributed by atoms with Crippen molar-refractivity contribution in [2.45, 2.75) is 4.90 Å². The molecule has 9 nitrogen and oxygen atoms in total. The minimum Gasteiger partial charge on any atom is -0.474 e. The van der Waals surface area contributed by atoms with Crippen molar-refractivity contribution in [2.75, 3.05) is 12.4 Å². The molecule has 1 rings (SSSR count). The van der Waals surface area contributed by atoms with Gasteiger partial charge in [-0.2, -0.15) is 0 Å². The number of benzene rings is 1. The minimum absolute atomic E-state index is 0.264. The van der Waals surface area contributed by atoms with Gasteiger partial charge in [-0.15, -0.1) is 0 Å². The highest BCUT2D eigenvalue weighted by atomic mass is 32.2. The van der Waals surface area contributed by atoms with Crippen molar-refractivity contribution in [3.8, 4) is 0 Å². The third kappa shape index (κ3) is 3.95. The van der Waals surface area contributed by atoms with Crippen molar-refractivity contribution in [1.82, 2.24) is 4.72 Å². The van der Waals surface area contributed by atoms with Crippen LogP contribution in [0.3, 0.4) is 0 Å². The molecule has 3 N–H and O–H groups in total. The molecule has 0 atom stereocenters. The van der Waals surface area contributed by atoms with Crippen LogP contribution in [-0.4, -0.2) is 38.6 Å². The topological polar surface area (TPSA) is 139 Å². The van der Waals surface area contributed by atoms with E-state index in [1.165, 1.54) is 16.9 Å². The maximum absolute atomic E-state index is 11.6. The van der Waals surface area contributed by atoms with Gasteiger partial charge in [0.1, 0.15) is 0 Å². The minimum atomic E-state index is -4.28. The summed E-state index contributed by atoms with van der Waals surface area (Å²) in [4.78, 5) is 31.7. The Bertz CT molecular complexity index is 636. The molecule has 1 aromatic rings. The fourth-order valence-electron chi connectivity index (χ4n) is 1.11. The molecule has 0 fully saturated rings. The highest BCUT2D eigenvalue weighted by molar-refractivity contribution is 7.90. The highest BCUT2D eigenvalue weighted by Gasteiger charge is 2.21. The Morgan fingerprint density at radius 1 is 1.15 bits per heavy atom. The first kappa shape index (κ1) is 15.4. The number of carboxylic acid groups (broad SMARTS) is 1. The predicted octanol–water partition coefficient (Wildman–Crippen LogP) is -0.246. The fraction of sp³-hybridized carbons (Fsp3) is 0.100. The zero-order valence-electron chi connectivity index (χ0n) is 10.1. The van der Waals surface area contributed by atoms with E-state index in [1.54, 1.807) is 0 Å². The molecular weight excluding hydrogens is 292 g/mol. The summed E-state index contributed by atoms with van der Waals surface area (Å²) in [6, 6.07) is 4.67. The van der Waals surface area contributed by atoms with Crippen molar-refractivity contribution in [3.63, 3.8) is 0 Å². The Morgan fingerprint density at radius 3 is 2.15 bits per heavy atom. The van der Waals surface area contributed by atoms with Gasteiger partial charge in [-0.25, -0.2) is 22.7 Å². The smallest absolute Gasteiger partial charge is 0.411 e. The van der Waals surface area contributed by atoms with Gasteiger partial charge >= 0.3 is 18.0 Å². The average Bonchev–Trinajstić information content (AvgIpc) is 2.38. The van der Waals surface area contributed by atoms with Gasteiger partial charge in [-0.3, -0.25) is 10.1 Å². The number of ether oxygens (including phenoxy) is 1. The number of sulfonamides is 1. The number of nitrogens with one attached hydrogen (secondary N) is 2. The Kier molecular flexibility index (Phi) is 4.64. The number of carboxylic acids is 1. The second-order valence-corrected chi connectivity index (χ2v) is 5.06. The van der Waals surface area contributed by atoms with Gasteiger partial charge in [0.15, 0.2) is 0 Å². The molecule has 0 heterocycles. The average molecular weight is 302 g/mol. The highest BCUT2D eigenvalue weighted by Crippen LogP contribution is 2.14. The van der Waals surface area contributed by atoms with E-state index in [1.807, 2.05) is 0 Å². The normalized spacial score (nSPS) is 10.4. The third-order valence-electron chi connectivity index (χ3n) is 2.02. The summed E-state index contributed by atoms with van der Waals surface area (Å²) >= 11 is 0. The van der Waals surface area contributed by atoms with Crippen molar-refractivity contribution in [2.24, 2.45) is 0 Å². The lowest BCUT2D eigenvalue weighted by molar-refractivity contribution is -0.149. The molecule has 0 spiro atoms. The summed E-state index contributed by atoms with van der Waals surface area (Å²) in [5, 5.41) is 10.6. The van der Waals surface area contributed by atoms with E-state index in [0.29, 0.717) is 0 Å². The number of rotatable bonds is 3. The van der Waals surface area contributed by atoms with Crippen molar-refractivity contribution in [1.29, 1.82) is 0 Å². The van der Waals surface area contributed by atoms with Crippen LogP contribution < -0.4 is 10.0 Å². The number of aliphatic carboxylic acids is 1. The SMILES string of the molecule is COC(=O)Nc1ccc(S(=O)(=O)NC(=O)C(=O)O)cc1. The van der Waals surface area contributed by atoms with E-state index in [-0.39, 0.29) is 10.6 Å². The lowest BCUT2D eigenvalue weighted by Crippen LogP contribution is -2.35. The second-order valence-electron chi connectivity index (χ2n) is 3.38. The van der Waals surface area contributed by atoms with Gasteiger partial charge in [-0.05, 0) is 24.3 Å². The summed E-state index contributed by atoms with van der Waals surface area (Å²) in [7, 11) is -3.12. The fourth-order valence-corrected chi connectivity index (χ4v) is 2.05. The van der Waals surface area contributed by atoms with Crippen LogP contribution in [-0.2, 0) is 24.3 Å². The third-order valence-corrected chi connectivity index (χ3v) is 3.36. The first-order valence-electron chi connectivity index (χ1n) is 5.01. The van der Waals surface area contributed by atoms with E-state index >= 15 is 0 Å². The molecule has 0 unspecified atom stereocenters. The number of amides is 2. The number of hydrogen-bond donors (Lipinski definition) is 3. The second kappa shape index (κ2) is 6.02. The maximum atomic E-state index is 11.6. The number of anilines is 1. The Balaban J connectivity index is 2.90. The molecule has 0 aromatic heterocycles. The Hall–Kier alpha value is -2.62. The van der Waals surface area contributed by atoms with E-state index < -0.39 is 28.0 Å². The molecule has 1 aromatic carbocycles. The van der Waals surface area contributed by atoms with Crippen molar-refractivity contribution in [3.05, 3.63) is 24.3 Å². The van der Waals surface area contributed by atoms with E-state index in [9.17, 15) is 22.8 Å². The summed E-state index contributed by atoms with van der Waals surface area (Å²) in [6.07, 6.45) is -0.736. The van der Waals surface area contributed by atoms with Crippen molar-refractivity contribution >= 4 is 33.7 Å². The maximum Gasteiger partial charge on any atom is 0.411 e. The number of methoxy groups -OCH3 is 1. The molecule has 108 valence electrons. The van der Waals surface area contributed by atoms with Gasteiger partial charge in [0.05, 0.1) is 12.0 Å².